The van der Waals surface area contributed by atoms with Crippen molar-refractivity contribution in [3.05, 3.63) is 36.3 Å². The predicted octanol–water partition coefficient (Wildman–Crippen LogP) is 2.02. The van der Waals surface area contributed by atoms with Crippen LogP contribution in [0, 0.1) is 5.92 Å². The van der Waals surface area contributed by atoms with Crippen LogP contribution in [0.1, 0.15) is 36.2 Å². The van der Waals surface area contributed by atoms with Crippen LogP contribution in [0.15, 0.2) is 35.1 Å². The molecule has 0 atom stereocenters. The van der Waals surface area contributed by atoms with Crippen molar-refractivity contribution in [1.29, 1.82) is 0 Å². The third-order valence-corrected chi connectivity index (χ3v) is 4.13. The number of amides is 1. The Bertz CT molecular complexity index is 619. The fourth-order valence-electron chi connectivity index (χ4n) is 2.78. The lowest BCUT2D eigenvalue weighted by Gasteiger charge is -2.27. The molecule has 2 heterocycles. The highest BCUT2D eigenvalue weighted by Crippen LogP contribution is 2.24. The van der Waals surface area contributed by atoms with Gasteiger partial charge in [0.2, 0.25) is 0 Å². The molecule has 0 unspecified atom stereocenters. The molecule has 1 fully saturated rings. The van der Waals surface area contributed by atoms with Gasteiger partial charge in [0.15, 0.2) is 11.5 Å². The van der Waals surface area contributed by atoms with E-state index in [0.717, 1.165) is 31.2 Å². The van der Waals surface area contributed by atoms with Crippen LogP contribution in [0.2, 0.25) is 0 Å². The van der Waals surface area contributed by atoms with Gasteiger partial charge in [-0.3, -0.25) is 9.78 Å². The monoisotopic (exact) mass is 301 g/mol. The van der Waals surface area contributed by atoms with Gasteiger partial charge in [-0.25, -0.2) is 0 Å². The first-order valence-electron chi connectivity index (χ1n) is 7.55. The van der Waals surface area contributed by atoms with E-state index in [0.29, 0.717) is 11.7 Å². The van der Waals surface area contributed by atoms with Gasteiger partial charge in [-0.15, -0.1) is 0 Å². The zero-order valence-electron chi connectivity index (χ0n) is 12.2. The molecule has 6 nitrogen and oxygen atoms in total. The second kappa shape index (κ2) is 6.70. The topological polar surface area (TPSA) is 88.2 Å². The Morgan fingerprint density at radius 3 is 2.86 bits per heavy atom. The van der Waals surface area contributed by atoms with Crippen molar-refractivity contribution in [2.24, 2.45) is 5.92 Å². The van der Waals surface area contributed by atoms with Crippen LogP contribution in [-0.2, 0) is 0 Å². The van der Waals surface area contributed by atoms with Crippen LogP contribution in [0.3, 0.4) is 0 Å². The summed E-state index contributed by atoms with van der Waals surface area (Å²) in [7, 11) is 0. The second-order valence-corrected chi connectivity index (χ2v) is 5.69. The highest BCUT2D eigenvalue weighted by molar-refractivity contribution is 5.93. The Kier molecular flexibility index (Phi) is 4.48. The third-order valence-electron chi connectivity index (χ3n) is 4.13. The summed E-state index contributed by atoms with van der Waals surface area (Å²) in [5.41, 5.74) is 1.07. The van der Waals surface area contributed by atoms with E-state index in [-0.39, 0.29) is 24.2 Å². The van der Waals surface area contributed by atoms with Gasteiger partial charge in [-0.05, 0) is 43.7 Å². The molecule has 1 amide bonds. The summed E-state index contributed by atoms with van der Waals surface area (Å²) >= 11 is 0. The highest BCUT2D eigenvalue weighted by Gasteiger charge is 2.23. The van der Waals surface area contributed by atoms with Crippen LogP contribution < -0.4 is 5.32 Å². The summed E-state index contributed by atoms with van der Waals surface area (Å²) in [6, 6.07) is 5.43. The van der Waals surface area contributed by atoms with Gasteiger partial charge in [0.1, 0.15) is 0 Å². The molecule has 116 valence electrons. The molecule has 1 aliphatic rings. The van der Waals surface area contributed by atoms with Crippen molar-refractivity contribution in [2.45, 2.75) is 31.7 Å². The zero-order chi connectivity index (χ0) is 15.4. The first-order valence-corrected chi connectivity index (χ1v) is 7.55. The number of nitrogens with one attached hydrogen (secondary N) is 1. The van der Waals surface area contributed by atoms with Crippen LogP contribution in [0.25, 0.3) is 11.3 Å². The standard InChI is InChI=1S/C16H19N3O3/c20-10-11-3-5-13(6-4-11)18-16(21)14-8-15(22-19-14)12-2-1-7-17-9-12/h1-2,7-9,11,13,20H,3-6,10H2,(H,18,21). The van der Waals surface area contributed by atoms with E-state index < -0.39 is 0 Å². The summed E-state index contributed by atoms with van der Waals surface area (Å²) in [6.07, 6.45) is 7.02. The van der Waals surface area contributed by atoms with Crippen molar-refractivity contribution in [1.82, 2.24) is 15.5 Å². The number of rotatable bonds is 4. The van der Waals surface area contributed by atoms with E-state index in [9.17, 15) is 4.79 Å². The molecule has 2 N–H and O–H groups in total. The van der Waals surface area contributed by atoms with Crippen molar-refractivity contribution >= 4 is 5.91 Å². The lowest BCUT2D eigenvalue weighted by atomic mass is 9.86. The fraction of sp³-hybridized carbons (Fsp3) is 0.438. The van der Waals surface area contributed by atoms with Crippen LogP contribution in [-0.4, -0.2) is 33.8 Å². The normalized spacial score (nSPS) is 21.5. The van der Waals surface area contributed by atoms with E-state index in [4.69, 9.17) is 9.63 Å². The average Bonchev–Trinajstić information content (AvgIpc) is 3.06. The number of hydrogen-bond acceptors (Lipinski definition) is 5. The number of hydrogen-bond donors (Lipinski definition) is 2. The van der Waals surface area contributed by atoms with Gasteiger partial charge in [-0.2, -0.15) is 0 Å². The minimum Gasteiger partial charge on any atom is -0.396 e. The number of pyridine rings is 1. The molecule has 2 aromatic heterocycles. The molecule has 1 saturated carbocycles. The summed E-state index contributed by atoms with van der Waals surface area (Å²) in [6.45, 7) is 0.235. The van der Waals surface area contributed by atoms with E-state index in [1.807, 2.05) is 6.07 Å². The van der Waals surface area contributed by atoms with Crippen molar-refractivity contribution in [3.63, 3.8) is 0 Å². The largest absolute Gasteiger partial charge is 0.396 e. The van der Waals surface area contributed by atoms with Crippen LogP contribution in [0.4, 0.5) is 0 Å². The first-order chi connectivity index (χ1) is 10.8. The third kappa shape index (κ3) is 3.33. The molecule has 0 spiro atoms. The molecule has 1 aliphatic carbocycles. The molecule has 6 heteroatoms. The van der Waals surface area contributed by atoms with Gasteiger partial charge < -0.3 is 14.9 Å². The average molecular weight is 301 g/mol. The summed E-state index contributed by atoms with van der Waals surface area (Å²) in [5, 5.41) is 16.0. The minimum atomic E-state index is -0.216. The first kappa shape index (κ1) is 14.7. The van der Waals surface area contributed by atoms with Crippen LogP contribution >= 0.6 is 0 Å². The fourth-order valence-corrected chi connectivity index (χ4v) is 2.78. The zero-order valence-corrected chi connectivity index (χ0v) is 12.2. The van der Waals surface area contributed by atoms with E-state index >= 15 is 0 Å². The maximum absolute atomic E-state index is 12.2. The van der Waals surface area contributed by atoms with E-state index in [1.54, 1.807) is 24.5 Å². The number of carbonyl (C=O) groups is 1. The summed E-state index contributed by atoms with van der Waals surface area (Å²) in [4.78, 5) is 16.2. The summed E-state index contributed by atoms with van der Waals surface area (Å²) in [5.74, 6) is 0.686. The van der Waals surface area contributed by atoms with Crippen molar-refractivity contribution in [3.8, 4) is 11.3 Å². The second-order valence-electron chi connectivity index (χ2n) is 5.69. The van der Waals surface area contributed by atoms with E-state index in [2.05, 4.69) is 15.5 Å². The Morgan fingerprint density at radius 1 is 1.36 bits per heavy atom. The lowest BCUT2D eigenvalue weighted by molar-refractivity contribution is 0.0905. The SMILES string of the molecule is O=C(NC1CCC(CO)CC1)c1cc(-c2cccnc2)on1. The molecule has 0 aliphatic heterocycles. The van der Waals surface area contributed by atoms with Crippen LogP contribution in [0.5, 0.6) is 0 Å². The van der Waals surface area contributed by atoms with Gasteiger partial charge in [0.25, 0.3) is 5.91 Å². The molecule has 2 aromatic rings. The number of aliphatic hydroxyl groups excluding tert-OH is 1. The Balaban J connectivity index is 1.60. The van der Waals surface area contributed by atoms with E-state index in [1.165, 1.54) is 0 Å². The highest BCUT2D eigenvalue weighted by atomic mass is 16.5. The maximum Gasteiger partial charge on any atom is 0.273 e. The molecular formula is C16H19N3O3. The number of aliphatic hydroxyl groups is 1. The molecule has 0 radical (unpaired) electrons. The van der Waals surface area contributed by atoms with Gasteiger partial charge in [0, 0.05) is 36.7 Å². The molecule has 0 bridgehead atoms. The van der Waals surface area contributed by atoms with Crippen molar-refractivity contribution in [2.75, 3.05) is 6.61 Å². The predicted molar refractivity (Wildman–Crippen MR) is 80.0 cm³/mol. The maximum atomic E-state index is 12.2. The number of aromatic nitrogens is 2. The summed E-state index contributed by atoms with van der Waals surface area (Å²) < 4.78 is 5.21. The molecule has 0 aromatic carbocycles. The molecule has 0 saturated heterocycles. The smallest absolute Gasteiger partial charge is 0.273 e. The number of carbonyl (C=O) groups excluding carboxylic acids is 1. The lowest BCUT2D eigenvalue weighted by Crippen LogP contribution is -2.38. The molecule has 22 heavy (non-hydrogen) atoms. The minimum absolute atomic E-state index is 0.147. The van der Waals surface area contributed by atoms with Gasteiger partial charge in [-0.1, -0.05) is 5.16 Å². The van der Waals surface area contributed by atoms with Crippen molar-refractivity contribution < 1.29 is 14.4 Å². The Morgan fingerprint density at radius 2 is 2.18 bits per heavy atom. The molecular weight excluding hydrogens is 282 g/mol. The number of nitrogens with zero attached hydrogens (tertiary/aromatic N) is 2. The Hall–Kier alpha value is -2.21. The van der Waals surface area contributed by atoms with Gasteiger partial charge >= 0.3 is 0 Å². The quantitative estimate of drug-likeness (QED) is 0.902. The van der Waals surface area contributed by atoms with Gasteiger partial charge in [0.05, 0.1) is 0 Å². The molecule has 3 rings (SSSR count). The Labute approximate surface area is 128 Å².